The summed E-state index contributed by atoms with van der Waals surface area (Å²) >= 11 is 9.83. The van der Waals surface area contributed by atoms with Crippen LogP contribution in [-0.4, -0.2) is 13.6 Å². The first kappa shape index (κ1) is 16.3. The Hall–Kier alpha value is -1.03. The maximum Gasteiger partial charge on any atom is 0.0676 e. The van der Waals surface area contributed by atoms with E-state index in [4.69, 9.17) is 17.3 Å². The van der Waals surface area contributed by atoms with E-state index in [0.717, 1.165) is 15.1 Å². The van der Waals surface area contributed by atoms with E-state index in [1.807, 2.05) is 18.2 Å². The number of rotatable bonds is 4. The number of aryl methyl sites for hydroxylation is 2. The third-order valence-electron chi connectivity index (χ3n) is 3.74. The SMILES string of the molecule is Cc1ccc(N(C)C(CN)c2ccc(Br)cc2Cl)c(C)c1. The Balaban J connectivity index is 2.40. The van der Waals surface area contributed by atoms with Gasteiger partial charge in [0, 0.05) is 28.8 Å². The molecule has 4 heteroatoms. The van der Waals surface area contributed by atoms with Gasteiger partial charge < -0.3 is 10.6 Å². The Bertz CT molecular complexity index is 643. The molecule has 2 nitrogen and oxygen atoms in total. The Labute approximate surface area is 140 Å². The lowest BCUT2D eigenvalue weighted by molar-refractivity contribution is 0.679. The van der Waals surface area contributed by atoms with Gasteiger partial charge in [0.15, 0.2) is 0 Å². The van der Waals surface area contributed by atoms with Crippen LogP contribution in [0.2, 0.25) is 5.02 Å². The summed E-state index contributed by atoms with van der Waals surface area (Å²) in [6, 6.07) is 12.4. The van der Waals surface area contributed by atoms with Crippen molar-refractivity contribution in [2.75, 3.05) is 18.5 Å². The maximum atomic E-state index is 6.39. The number of hydrogen-bond acceptors (Lipinski definition) is 2. The van der Waals surface area contributed by atoms with Crippen molar-refractivity contribution in [2.24, 2.45) is 5.73 Å². The first-order chi connectivity index (χ1) is 9.93. The van der Waals surface area contributed by atoms with Crippen LogP contribution in [0.3, 0.4) is 0 Å². The summed E-state index contributed by atoms with van der Waals surface area (Å²) < 4.78 is 0.973. The highest BCUT2D eigenvalue weighted by atomic mass is 79.9. The van der Waals surface area contributed by atoms with Gasteiger partial charge in [-0.15, -0.1) is 0 Å². The second-order valence-corrected chi connectivity index (χ2v) is 6.64. The summed E-state index contributed by atoms with van der Waals surface area (Å²) in [5, 5.41) is 0.733. The fourth-order valence-corrected chi connectivity index (χ4v) is 3.43. The van der Waals surface area contributed by atoms with Crippen LogP contribution >= 0.6 is 27.5 Å². The molecule has 0 aliphatic heterocycles. The van der Waals surface area contributed by atoms with Gasteiger partial charge in [-0.1, -0.05) is 51.3 Å². The predicted octanol–water partition coefficient (Wildman–Crippen LogP) is 4.86. The van der Waals surface area contributed by atoms with E-state index in [1.165, 1.54) is 16.8 Å². The highest BCUT2D eigenvalue weighted by Gasteiger charge is 2.20. The monoisotopic (exact) mass is 366 g/mol. The smallest absolute Gasteiger partial charge is 0.0676 e. The van der Waals surface area contributed by atoms with E-state index in [1.54, 1.807) is 0 Å². The molecular formula is C17H20BrClN2. The summed E-state index contributed by atoms with van der Waals surface area (Å²) in [4.78, 5) is 2.20. The van der Waals surface area contributed by atoms with Crippen LogP contribution in [0.5, 0.6) is 0 Å². The van der Waals surface area contributed by atoms with E-state index in [0.29, 0.717) is 6.54 Å². The maximum absolute atomic E-state index is 6.39. The molecule has 0 saturated carbocycles. The van der Waals surface area contributed by atoms with E-state index in [9.17, 15) is 0 Å². The lowest BCUT2D eigenvalue weighted by atomic mass is 10.0. The molecule has 0 heterocycles. The predicted molar refractivity (Wildman–Crippen MR) is 95.3 cm³/mol. The number of nitrogens with two attached hydrogens (primary N) is 1. The quantitative estimate of drug-likeness (QED) is 0.836. The van der Waals surface area contributed by atoms with Crippen molar-refractivity contribution in [1.29, 1.82) is 0 Å². The average Bonchev–Trinajstić information content (AvgIpc) is 2.41. The Morgan fingerprint density at radius 3 is 2.48 bits per heavy atom. The van der Waals surface area contributed by atoms with E-state index in [2.05, 4.69) is 59.9 Å². The summed E-state index contributed by atoms with van der Waals surface area (Å²) in [6.45, 7) is 4.73. The molecule has 0 bridgehead atoms. The summed E-state index contributed by atoms with van der Waals surface area (Å²) in [7, 11) is 2.06. The molecule has 0 aliphatic carbocycles. The van der Waals surface area contributed by atoms with Crippen LogP contribution in [-0.2, 0) is 0 Å². The molecule has 0 aliphatic rings. The fraction of sp³-hybridized carbons (Fsp3) is 0.294. The Morgan fingerprint density at radius 1 is 1.19 bits per heavy atom. The van der Waals surface area contributed by atoms with Gasteiger partial charge in [-0.05, 0) is 43.2 Å². The normalized spacial score (nSPS) is 12.3. The van der Waals surface area contributed by atoms with Gasteiger partial charge in [0.2, 0.25) is 0 Å². The van der Waals surface area contributed by atoms with Crippen molar-refractivity contribution in [3.8, 4) is 0 Å². The van der Waals surface area contributed by atoms with Gasteiger partial charge in [0.25, 0.3) is 0 Å². The van der Waals surface area contributed by atoms with Crippen LogP contribution in [0.25, 0.3) is 0 Å². The van der Waals surface area contributed by atoms with Crippen molar-refractivity contribution in [3.63, 3.8) is 0 Å². The largest absolute Gasteiger partial charge is 0.366 e. The van der Waals surface area contributed by atoms with Crippen LogP contribution in [0.4, 0.5) is 5.69 Å². The zero-order chi connectivity index (χ0) is 15.6. The van der Waals surface area contributed by atoms with Crippen molar-refractivity contribution in [2.45, 2.75) is 19.9 Å². The Morgan fingerprint density at radius 2 is 1.90 bits per heavy atom. The highest BCUT2D eigenvalue weighted by Crippen LogP contribution is 2.33. The average molecular weight is 368 g/mol. The molecule has 0 amide bonds. The molecule has 112 valence electrons. The van der Waals surface area contributed by atoms with Gasteiger partial charge in [-0.3, -0.25) is 0 Å². The minimum atomic E-state index is 0.0482. The molecule has 0 fully saturated rings. The molecule has 2 aromatic carbocycles. The van der Waals surface area contributed by atoms with Gasteiger partial charge in [0.1, 0.15) is 0 Å². The standard InChI is InChI=1S/C17H20BrClN2/c1-11-4-7-16(12(2)8-11)21(3)17(10-20)14-6-5-13(18)9-15(14)19/h4-9,17H,10,20H2,1-3H3. The first-order valence-corrected chi connectivity index (χ1v) is 8.06. The van der Waals surface area contributed by atoms with E-state index in [-0.39, 0.29) is 6.04 Å². The minimum Gasteiger partial charge on any atom is -0.366 e. The molecule has 1 unspecified atom stereocenters. The van der Waals surface area contributed by atoms with Crippen LogP contribution < -0.4 is 10.6 Å². The number of benzene rings is 2. The number of hydrogen-bond donors (Lipinski definition) is 1. The molecule has 0 spiro atoms. The van der Waals surface area contributed by atoms with Gasteiger partial charge in [-0.25, -0.2) is 0 Å². The lowest BCUT2D eigenvalue weighted by Crippen LogP contribution is -2.31. The van der Waals surface area contributed by atoms with Crippen molar-refractivity contribution in [1.82, 2.24) is 0 Å². The molecule has 2 aromatic rings. The fourth-order valence-electron chi connectivity index (χ4n) is 2.63. The molecule has 1 atom stereocenters. The molecule has 0 saturated heterocycles. The minimum absolute atomic E-state index is 0.0482. The highest BCUT2D eigenvalue weighted by molar-refractivity contribution is 9.10. The molecular weight excluding hydrogens is 348 g/mol. The molecule has 0 radical (unpaired) electrons. The second-order valence-electron chi connectivity index (χ2n) is 5.32. The van der Waals surface area contributed by atoms with Gasteiger partial charge in [-0.2, -0.15) is 0 Å². The van der Waals surface area contributed by atoms with Crippen LogP contribution in [0.1, 0.15) is 22.7 Å². The second kappa shape index (κ2) is 6.82. The van der Waals surface area contributed by atoms with Crippen LogP contribution in [0, 0.1) is 13.8 Å². The third kappa shape index (κ3) is 3.60. The zero-order valence-corrected chi connectivity index (χ0v) is 14.9. The molecule has 21 heavy (non-hydrogen) atoms. The molecule has 2 N–H and O–H groups in total. The van der Waals surface area contributed by atoms with Crippen LogP contribution in [0.15, 0.2) is 40.9 Å². The summed E-state index contributed by atoms with van der Waals surface area (Å²) in [6.07, 6.45) is 0. The van der Waals surface area contributed by atoms with E-state index >= 15 is 0 Å². The molecule has 2 rings (SSSR count). The Kier molecular flexibility index (Phi) is 5.31. The lowest BCUT2D eigenvalue weighted by Gasteiger charge is -2.31. The van der Waals surface area contributed by atoms with Gasteiger partial charge in [0.05, 0.1) is 6.04 Å². The summed E-state index contributed by atoms with van der Waals surface area (Å²) in [5.41, 5.74) is 10.7. The first-order valence-electron chi connectivity index (χ1n) is 6.89. The summed E-state index contributed by atoms with van der Waals surface area (Å²) in [5.74, 6) is 0. The molecule has 0 aromatic heterocycles. The van der Waals surface area contributed by atoms with Crippen molar-refractivity contribution < 1.29 is 0 Å². The van der Waals surface area contributed by atoms with Crippen molar-refractivity contribution >= 4 is 33.2 Å². The number of halogens is 2. The number of anilines is 1. The topological polar surface area (TPSA) is 29.3 Å². The number of nitrogens with zero attached hydrogens (tertiary/aromatic N) is 1. The number of likely N-dealkylation sites (N-methyl/N-ethyl adjacent to an activating group) is 1. The van der Waals surface area contributed by atoms with Crippen molar-refractivity contribution in [3.05, 3.63) is 62.6 Å². The third-order valence-corrected chi connectivity index (χ3v) is 4.57. The van der Waals surface area contributed by atoms with E-state index < -0.39 is 0 Å². The zero-order valence-electron chi connectivity index (χ0n) is 12.5. The van der Waals surface area contributed by atoms with Gasteiger partial charge >= 0.3 is 0 Å².